The predicted octanol–water partition coefficient (Wildman–Crippen LogP) is 0.348. The Balaban J connectivity index is 2.16. The quantitative estimate of drug-likeness (QED) is 0.833. The molecule has 100 valence electrons. The highest BCUT2D eigenvalue weighted by Crippen LogP contribution is 2.17. The van der Waals surface area contributed by atoms with Gasteiger partial charge in [-0.05, 0) is 13.8 Å². The minimum atomic E-state index is 0.0541. The van der Waals surface area contributed by atoms with Crippen LogP contribution < -0.4 is 15.4 Å². The molecule has 1 atom stereocenters. The fourth-order valence-corrected chi connectivity index (χ4v) is 1.93. The molecule has 0 amide bonds. The summed E-state index contributed by atoms with van der Waals surface area (Å²) >= 11 is 0. The summed E-state index contributed by atoms with van der Waals surface area (Å²) in [5, 5.41) is 0. The van der Waals surface area contributed by atoms with Gasteiger partial charge in [0.1, 0.15) is 0 Å². The third-order valence-electron chi connectivity index (χ3n) is 2.80. The number of anilines is 1. The number of nitrogens with zero attached hydrogens (tertiary/aromatic N) is 3. The van der Waals surface area contributed by atoms with Gasteiger partial charge in [0.2, 0.25) is 11.8 Å². The number of nitrogens with two attached hydrogens (primary N) is 1. The zero-order valence-electron chi connectivity index (χ0n) is 10.9. The van der Waals surface area contributed by atoms with Crippen molar-refractivity contribution >= 4 is 5.95 Å². The van der Waals surface area contributed by atoms with E-state index in [2.05, 4.69) is 14.9 Å². The molecular weight excluding hydrogens is 232 g/mol. The van der Waals surface area contributed by atoms with Crippen molar-refractivity contribution in [3.8, 4) is 5.88 Å². The Kier molecular flexibility index (Phi) is 4.33. The molecule has 2 rings (SSSR count). The second-order valence-corrected chi connectivity index (χ2v) is 4.26. The maximum Gasteiger partial charge on any atom is 0.229 e. The SMILES string of the molecule is CCOc1cc(C)nc(N2CCOC(CN)C2)n1. The van der Waals surface area contributed by atoms with E-state index in [9.17, 15) is 0 Å². The van der Waals surface area contributed by atoms with E-state index in [4.69, 9.17) is 15.2 Å². The molecule has 2 heterocycles. The van der Waals surface area contributed by atoms with Crippen molar-refractivity contribution in [1.82, 2.24) is 9.97 Å². The first-order chi connectivity index (χ1) is 8.72. The maximum absolute atomic E-state index is 5.63. The minimum Gasteiger partial charge on any atom is -0.478 e. The summed E-state index contributed by atoms with van der Waals surface area (Å²) in [6.45, 7) is 7.16. The number of hydrogen-bond donors (Lipinski definition) is 1. The monoisotopic (exact) mass is 252 g/mol. The summed E-state index contributed by atoms with van der Waals surface area (Å²) in [7, 11) is 0. The summed E-state index contributed by atoms with van der Waals surface area (Å²) in [4.78, 5) is 11.0. The fourth-order valence-electron chi connectivity index (χ4n) is 1.93. The largest absolute Gasteiger partial charge is 0.478 e. The zero-order valence-corrected chi connectivity index (χ0v) is 10.9. The lowest BCUT2D eigenvalue weighted by Crippen LogP contribution is -2.46. The second-order valence-electron chi connectivity index (χ2n) is 4.26. The van der Waals surface area contributed by atoms with Crippen LogP contribution in [-0.4, -0.2) is 48.9 Å². The van der Waals surface area contributed by atoms with E-state index in [0.717, 1.165) is 18.8 Å². The van der Waals surface area contributed by atoms with Gasteiger partial charge in [0.05, 0.1) is 19.3 Å². The van der Waals surface area contributed by atoms with Crippen LogP contribution in [0.5, 0.6) is 5.88 Å². The van der Waals surface area contributed by atoms with E-state index in [1.165, 1.54) is 0 Å². The van der Waals surface area contributed by atoms with Crippen LogP contribution in [0.3, 0.4) is 0 Å². The van der Waals surface area contributed by atoms with Crippen molar-refractivity contribution in [2.45, 2.75) is 20.0 Å². The molecule has 1 saturated heterocycles. The molecule has 6 nitrogen and oxygen atoms in total. The number of morpholine rings is 1. The number of ether oxygens (including phenoxy) is 2. The average molecular weight is 252 g/mol. The lowest BCUT2D eigenvalue weighted by molar-refractivity contribution is 0.0459. The number of rotatable bonds is 4. The first kappa shape index (κ1) is 13.0. The van der Waals surface area contributed by atoms with Gasteiger partial charge in [-0.2, -0.15) is 4.98 Å². The standard InChI is InChI=1S/C12H20N4O2/c1-3-17-11-6-9(2)14-12(15-11)16-4-5-18-10(7-13)8-16/h6,10H,3-5,7-8,13H2,1-2H3. The molecule has 6 heteroatoms. The van der Waals surface area contributed by atoms with Crippen LogP contribution in [0.4, 0.5) is 5.95 Å². The van der Waals surface area contributed by atoms with Gasteiger partial charge in [0.25, 0.3) is 0 Å². The van der Waals surface area contributed by atoms with Gasteiger partial charge in [-0.15, -0.1) is 0 Å². The summed E-state index contributed by atoms with van der Waals surface area (Å²) in [6, 6.07) is 1.84. The molecule has 1 aliphatic heterocycles. The highest BCUT2D eigenvalue weighted by atomic mass is 16.5. The third kappa shape index (κ3) is 3.08. The van der Waals surface area contributed by atoms with Gasteiger partial charge < -0.3 is 20.1 Å². The molecule has 0 aromatic carbocycles. The molecule has 0 spiro atoms. The van der Waals surface area contributed by atoms with Crippen LogP contribution in [-0.2, 0) is 4.74 Å². The van der Waals surface area contributed by atoms with E-state index < -0.39 is 0 Å². The van der Waals surface area contributed by atoms with Crippen molar-refractivity contribution in [3.63, 3.8) is 0 Å². The normalized spacial score (nSPS) is 19.9. The Morgan fingerprint density at radius 2 is 2.39 bits per heavy atom. The average Bonchev–Trinajstić information content (AvgIpc) is 2.38. The van der Waals surface area contributed by atoms with Gasteiger partial charge >= 0.3 is 0 Å². The van der Waals surface area contributed by atoms with Crippen LogP contribution in [0.25, 0.3) is 0 Å². The van der Waals surface area contributed by atoms with Gasteiger partial charge in [-0.25, -0.2) is 4.98 Å². The van der Waals surface area contributed by atoms with Crippen molar-refractivity contribution in [2.24, 2.45) is 5.73 Å². The van der Waals surface area contributed by atoms with Gasteiger partial charge in [0.15, 0.2) is 0 Å². The predicted molar refractivity (Wildman–Crippen MR) is 68.9 cm³/mol. The number of aryl methyl sites for hydroxylation is 1. The summed E-state index contributed by atoms with van der Waals surface area (Å²) < 4.78 is 11.0. The van der Waals surface area contributed by atoms with Crippen LogP contribution in [0.1, 0.15) is 12.6 Å². The fraction of sp³-hybridized carbons (Fsp3) is 0.667. The zero-order chi connectivity index (χ0) is 13.0. The molecule has 0 bridgehead atoms. The Labute approximate surface area is 107 Å². The van der Waals surface area contributed by atoms with Crippen molar-refractivity contribution in [2.75, 3.05) is 37.7 Å². The highest BCUT2D eigenvalue weighted by Gasteiger charge is 2.21. The smallest absolute Gasteiger partial charge is 0.229 e. The van der Waals surface area contributed by atoms with Crippen LogP contribution in [0.2, 0.25) is 0 Å². The van der Waals surface area contributed by atoms with Crippen molar-refractivity contribution in [1.29, 1.82) is 0 Å². The molecule has 0 aliphatic carbocycles. The summed E-state index contributed by atoms with van der Waals surface area (Å²) in [5.74, 6) is 1.32. The molecule has 18 heavy (non-hydrogen) atoms. The van der Waals surface area contributed by atoms with Crippen LogP contribution in [0.15, 0.2) is 6.07 Å². The third-order valence-corrected chi connectivity index (χ3v) is 2.80. The Bertz CT molecular complexity index is 400. The van der Waals surface area contributed by atoms with Gasteiger partial charge in [-0.3, -0.25) is 0 Å². The molecule has 1 aliphatic rings. The van der Waals surface area contributed by atoms with E-state index in [1.807, 2.05) is 19.9 Å². The molecule has 1 unspecified atom stereocenters. The first-order valence-electron chi connectivity index (χ1n) is 6.28. The molecule has 1 aromatic rings. The first-order valence-corrected chi connectivity index (χ1v) is 6.28. The highest BCUT2D eigenvalue weighted by molar-refractivity contribution is 5.35. The number of aromatic nitrogens is 2. The molecule has 1 aromatic heterocycles. The molecule has 0 saturated carbocycles. The van der Waals surface area contributed by atoms with Crippen molar-refractivity contribution in [3.05, 3.63) is 11.8 Å². The topological polar surface area (TPSA) is 73.5 Å². The molecule has 0 radical (unpaired) electrons. The van der Waals surface area contributed by atoms with Crippen LogP contribution in [0, 0.1) is 6.92 Å². The van der Waals surface area contributed by atoms with Gasteiger partial charge in [0, 0.05) is 31.4 Å². The van der Waals surface area contributed by atoms with Crippen LogP contribution >= 0.6 is 0 Å². The lowest BCUT2D eigenvalue weighted by Gasteiger charge is -2.32. The Morgan fingerprint density at radius 1 is 1.56 bits per heavy atom. The lowest BCUT2D eigenvalue weighted by atomic mass is 10.3. The number of hydrogen-bond acceptors (Lipinski definition) is 6. The molecule has 2 N–H and O–H groups in total. The summed E-state index contributed by atoms with van der Waals surface area (Å²) in [6.07, 6.45) is 0.0541. The van der Waals surface area contributed by atoms with E-state index >= 15 is 0 Å². The minimum absolute atomic E-state index is 0.0541. The van der Waals surface area contributed by atoms with E-state index in [1.54, 1.807) is 0 Å². The van der Waals surface area contributed by atoms with Crippen molar-refractivity contribution < 1.29 is 9.47 Å². The summed E-state index contributed by atoms with van der Waals surface area (Å²) in [5.41, 5.74) is 6.54. The van der Waals surface area contributed by atoms with E-state index in [0.29, 0.717) is 31.6 Å². The molecule has 1 fully saturated rings. The van der Waals surface area contributed by atoms with E-state index in [-0.39, 0.29) is 6.10 Å². The molecular formula is C12H20N4O2. The van der Waals surface area contributed by atoms with Gasteiger partial charge in [-0.1, -0.05) is 0 Å². The Morgan fingerprint density at radius 3 is 3.11 bits per heavy atom. The Hall–Kier alpha value is -1.40. The second kappa shape index (κ2) is 5.97. The maximum atomic E-state index is 5.63.